The second-order valence-electron chi connectivity index (χ2n) is 8.04. The highest BCUT2D eigenvalue weighted by Gasteiger charge is 2.24. The van der Waals surface area contributed by atoms with Crippen molar-refractivity contribution >= 4 is 5.97 Å². The van der Waals surface area contributed by atoms with E-state index in [9.17, 15) is 9.18 Å². The van der Waals surface area contributed by atoms with Gasteiger partial charge in [-0.25, -0.2) is 4.39 Å². The number of carbonyl (C=O) groups excluding carboxylic acids is 1. The minimum absolute atomic E-state index is 0.113. The summed E-state index contributed by atoms with van der Waals surface area (Å²) in [5.74, 6) is 1.44. The van der Waals surface area contributed by atoms with Crippen molar-refractivity contribution in [1.29, 1.82) is 0 Å². The maximum Gasteiger partial charge on any atom is 0.305 e. The summed E-state index contributed by atoms with van der Waals surface area (Å²) in [6.07, 6.45) is 7.71. The molecule has 4 heteroatoms. The normalized spacial score (nSPS) is 19.0. The highest BCUT2D eigenvalue weighted by Crippen LogP contribution is 2.39. The van der Waals surface area contributed by atoms with Crippen molar-refractivity contribution in [3.8, 4) is 5.75 Å². The summed E-state index contributed by atoms with van der Waals surface area (Å²) in [7, 11) is 3.05. The van der Waals surface area contributed by atoms with Crippen LogP contribution in [0.3, 0.4) is 0 Å². The second kappa shape index (κ2) is 10.4. The Morgan fingerprint density at radius 1 is 1.00 bits per heavy atom. The summed E-state index contributed by atoms with van der Waals surface area (Å²) >= 11 is 0. The van der Waals surface area contributed by atoms with Gasteiger partial charge in [0.05, 0.1) is 14.2 Å². The van der Waals surface area contributed by atoms with Gasteiger partial charge < -0.3 is 9.47 Å². The van der Waals surface area contributed by atoms with E-state index in [1.807, 2.05) is 6.07 Å². The fourth-order valence-corrected chi connectivity index (χ4v) is 4.38. The molecule has 1 aliphatic rings. The molecule has 3 nitrogen and oxygen atoms in total. The van der Waals surface area contributed by atoms with Crippen molar-refractivity contribution in [2.24, 2.45) is 5.92 Å². The Morgan fingerprint density at radius 2 is 1.72 bits per heavy atom. The standard InChI is InChI=1S/C25H31FO3/c1-28-22-13-14-24(26)23(17-22)21-11-8-18(9-12-21)6-7-19-4-3-5-20(16-19)10-15-25(27)29-2/h3-5,13-14,16-18,21H,6-12,15H2,1-2H3. The van der Waals surface area contributed by atoms with Crippen LogP contribution >= 0.6 is 0 Å². The predicted molar refractivity (Wildman–Crippen MR) is 113 cm³/mol. The van der Waals surface area contributed by atoms with Crippen LogP contribution in [0, 0.1) is 11.7 Å². The van der Waals surface area contributed by atoms with E-state index in [0.717, 1.165) is 56.3 Å². The van der Waals surface area contributed by atoms with Gasteiger partial charge in [0.15, 0.2) is 0 Å². The summed E-state index contributed by atoms with van der Waals surface area (Å²) in [5.41, 5.74) is 3.32. The topological polar surface area (TPSA) is 35.5 Å². The molecule has 29 heavy (non-hydrogen) atoms. The first-order valence-electron chi connectivity index (χ1n) is 10.6. The number of halogens is 1. The van der Waals surface area contributed by atoms with Gasteiger partial charge in [-0.1, -0.05) is 24.3 Å². The van der Waals surface area contributed by atoms with Crippen LogP contribution in [0.1, 0.15) is 61.1 Å². The zero-order valence-corrected chi connectivity index (χ0v) is 17.5. The highest BCUT2D eigenvalue weighted by molar-refractivity contribution is 5.69. The highest BCUT2D eigenvalue weighted by atomic mass is 19.1. The lowest BCUT2D eigenvalue weighted by Crippen LogP contribution is -2.15. The fraction of sp³-hybridized carbons (Fsp3) is 0.480. The van der Waals surface area contributed by atoms with Gasteiger partial charge in [-0.05, 0) is 91.7 Å². The maximum atomic E-state index is 14.2. The van der Waals surface area contributed by atoms with Gasteiger partial charge in [0.1, 0.15) is 11.6 Å². The molecular weight excluding hydrogens is 367 g/mol. The third-order valence-corrected chi connectivity index (χ3v) is 6.17. The summed E-state index contributed by atoms with van der Waals surface area (Å²) in [6, 6.07) is 13.6. The Hall–Kier alpha value is -2.36. The Balaban J connectivity index is 1.48. The lowest BCUT2D eigenvalue weighted by atomic mass is 9.76. The Kier molecular flexibility index (Phi) is 7.68. The molecule has 0 spiro atoms. The van der Waals surface area contributed by atoms with E-state index in [4.69, 9.17) is 9.47 Å². The number of esters is 1. The van der Waals surface area contributed by atoms with E-state index < -0.39 is 0 Å². The Bertz CT molecular complexity index is 809. The molecule has 0 atom stereocenters. The first kappa shape index (κ1) is 21.4. The predicted octanol–water partition coefficient (Wildman–Crippen LogP) is 5.85. The largest absolute Gasteiger partial charge is 0.497 e. The van der Waals surface area contributed by atoms with Crippen molar-refractivity contribution in [2.75, 3.05) is 14.2 Å². The average Bonchev–Trinajstić information content (AvgIpc) is 2.77. The van der Waals surface area contributed by atoms with Crippen LogP contribution in [-0.2, 0) is 22.4 Å². The van der Waals surface area contributed by atoms with Gasteiger partial charge in [0, 0.05) is 6.42 Å². The number of carbonyl (C=O) groups is 1. The third kappa shape index (κ3) is 6.06. The van der Waals surface area contributed by atoms with Crippen LogP contribution in [0.4, 0.5) is 4.39 Å². The minimum atomic E-state index is -0.167. The van der Waals surface area contributed by atoms with Crippen LogP contribution in [0.15, 0.2) is 42.5 Å². The van der Waals surface area contributed by atoms with Crippen LogP contribution < -0.4 is 4.74 Å². The van der Waals surface area contributed by atoms with Crippen LogP contribution in [0.25, 0.3) is 0 Å². The van der Waals surface area contributed by atoms with Gasteiger partial charge >= 0.3 is 5.97 Å². The average molecular weight is 399 g/mol. The summed E-state index contributed by atoms with van der Waals surface area (Å²) in [6.45, 7) is 0. The van der Waals surface area contributed by atoms with Gasteiger partial charge in [-0.15, -0.1) is 0 Å². The number of ether oxygens (including phenoxy) is 2. The zero-order chi connectivity index (χ0) is 20.6. The molecule has 0 aromatic heterocycles. The van der Waals surface area contributed by atoms with Crippen molar-refractivity contribution in [3.63, 3.8) is 0 Å². The number of aryl methyl sites for hydroxylation is 2. The molecule has 0 N–H and O–H groups in total. The zero-order valence-electron chi connectivity index (χ0n) is 17.5. The van der Waals surface area contributed by atoms with Crippen LogP contribution in [0.5, 0.6) is 5.75 Å². The van der Waals surface area contributed by atoms with Crippen LogP contribution in [-0.4, -0.2) is 20.2 Å². The molecule has 3 rings (SSSR count). The lowest BCUT2D eigenvalue weighted by molar-refractivity contribution is -0.140. The smallest absolute Gasteiger partial charge is 0.305 e. The number of hydrogen-bond donors (Lipinski definition) is 0. The van der Waals surface area contributed by atoms with Crippen molar-refractivity contribution in [1.82, 2.24) is 0 Å². The molecule has 0 radical (unpaired) electrons. The van der Waals surface area contributed by atoms with Gasteiger partial charge in [0.25, 0.3) is 0 Å². The quantitative estimate of drug-likeness (QED) is 0.524. The molecule has 1 aliphatic carbocycles. The van der Waals surface area contributed by atoms with E-state index in [2.05, 4.69) is 24.3 Å². The molecule has 1 saturated carbocycles. The maximum absolute atomic E-state index is 14.2. The summed E-state index contributed by atoms with van der Waals surface area (Å²) < 4.78 is 24.2. The number of benzene rings is 2. The summed E-state index contributed by atoms with van der Waals surface area (Å²) in [5, 5.41) is 0. The molecule has 1 fully saturated rings. The second-order valence-corrected chi connectivity index (χ2v) is 8.04. The first-order chi connectivity index (χ1) is 14.1. The SMILES string of the molecule is COC(=O)CCc1cccc(CCC2CCC(c3cc(OC)ccc3F)CC2)c1. The number of methoxy groups -OCH3 is 2. The Morgan fingerprint density at radius 3 is 2.41 bits per heavy atom. The third-order valence-electron chi connectivity index (χ3n) is 6.17. The molecular formula is C25H31FO3. The molecule has 2 aromatic carbocycles. The van der Waals surface area contributed by atoms with Gasteiger partial charge in [-0.2, -0.15) is 0 Å². The molecule has 0 bridgehead atoms. The molecule has 156 valence electrons. The summed E-state index contributed by atoms with van der Waals surface area (Å²) in [4.78, 5) is 11.3. The Labute approximate surface area is 173 Å². The first-order valence-corrected chi connectivity index (χ1v) is 10.6. The molecule has 0 heterocycles. The molecule has 0 unspecified atom stereocenters. The monoisotopic (exact) mass is 398 g/mol. The molecule has 0 saturated heterocycles. The van der Waals surface area contributed by atoms with Gasteiger partial charge in [-0.3, -0.25) is 4.79 Å². The van der Waals surface area contributed by atoms with E-state index >= 15 is 0 Å². The van der Waals surface area contributed by atoms with Crippen molar-refractivity contribution in [3.05, 3.63) is 65.0 Å². The molecule has 0 amide bonds. The van der Waals surface area contributed by atoms with Crippen molar-refractivity contribution < 1.29 is 18.7 Å². The number of hydrogen-bond acceptors (Lipinski definition) is 3. The van der Waals surface area contributed by atoms with E-state index in [1.54, 1.807) is 13.2 Å². The fourth-order valence-electron chi connectivity index (χ4n) is 4.38. The minimum Gasteiger partial charge on any atom is -0.497 e. The van der Waals surface area contributed by atoms with Crippen LogP contribution in [0.2, 0.25) is 0 Å². The van der Waals surface area contributed by atoms with Crippen molar-refractivity contribution in [2.45, 2.75) is 57.3 Å². The van der Waals surface area contributed by atoms with Gasteiger partial charge in [0.2, 0.25) is 0 Å². The van der Waals surface area contributed by atoms with E-state index in [1.165, 1.54) is 24.3 Å². The molecule has 2 aromatic rings. The van der Waals surface area contributed by atoms with E-state index in [0.29, 0.717) is 18.3 Å². The number of rotatable bonds is 8. The molecule has 0 aliphatic heterocycles. The van der Waals surface area contributed by atoms with E-state index in [-0.39, 0.29) is 11.8 Å². The lowest BCUT2D eigenvalue weighted by Gasteiger charge is -2.29.